The van der Waals surface area contributed by atoms with Crippen LogP contribution in [0.2, 0.25) is 0 Å². The molecule has 0 fully saturated rings. The summed E-state index contributed by atoms with van der Waals surface area (Å²) in [6.07, 6.45) is 3.47. The zero-order chi connectivity index (χ0) is 15.0. The molecule has 0 saturated carbocycles. The number of thiazole rings is 1. The normalized spacial score (nSPS) is 13.1. The molecule has 1 aromatic rings. The Morgan fingerprint density at radius 1 is 1.20 bits per heavy atom. The van der Waals surface area contributed by atoms with Crippen LogP contribution in [0, 0.1) is 13.8 Å². The molecule has 0 aliphatic rings. The van der Waals surface area contributed by atoms with Gasteiger partial charge in [0.15, 0.2) is 0 Å². The maximum absolute atomic E-state index is 4.69. The van der Waals surface area contributed by atoms with E-state index in [1.165, 1.54) is 35.0 Å². The lowest BCUT2D eigenvalue weighted by Crippen LogP contribution is -2.36. The third-order valence-electron chi connectivity index (χ3n) is 3.87. The molecular formula is C16H31N3S. The third kappa shape index (κ3) is 5.90. The highest BCUT2D eigenvalue weighted by Gasteiger charge is 2.13. The van der Waals surface area contributed by atoms with Gasteiger partial charge in [-0.1, -0.05) is 20.8 Å². The van der Waals surface area contributed by atoms with E-state index in [-0.39, 0.29) is 0 Å². The third-order valence-corrected chi connectivity index (χ3v) is 4.96. The summed E-state index contributed by atoms with van der Waals surface area (Å²) < 4.78 is 0. The van der Waals surface area contributed by atoms with Gasteiger partial charge in [-0.15, -0.1) is 11.3 Å². The fourth-order valence-corrected chi connectivity index (χ4v) is 3.35. The van der Waals surface area contributed by atoms with E-state index in [4.69, 9.17) is 4.98 Å². The van der Waals surface area contributed by atoms with E-state index >= 15 is 0 Å². The van der Waals surface area contributed by atoms with Crippen molar-refractivity contribution >= 4 is 11.3 Å². The Hall–Kier alpha value is -0.450. The monoisotopic (exact) mass is 297 g/mol. The van der Waals surface area contributed by atoms with Crippen LogP contribution in [-0.2, 0) is 6.42 Å². The van der Waals surface area contributed by atoms with E-state index in [2.05, 4.69) is 44.8 Å². The first-order chi connectivity index (χ1) is 9.60. The van der Waals surface area contributed by atoms with E-state index in [0.29, 0.717) is 6.04 Å². The van der Waals surface area contributed by atoms with Crippen molar-refractivity contribution in [3.8, 4) is 0 Å². The highest BCUT2D eigenvalue weighted by molar-refractivity contribution is 7.11. The Labute approximate surface area is 128 Å². The SMILES string of the molecule is CCCNC(CCN(CC)CC)Cc1nc(C)c(C)s1. The molecule has 1 aromatic heterocycles. The second-order valence-electron chi connectivity index (χ2n) is 5.42. The van der Waals surface area contributed by atoms with Gasteiger partial charge in [-0.05, 0) is 52.9 Å². The van der Waals surface area contributed by atoms with Crippen molar-refractivity contribution in [1.82, 2.24) is 15.2 Å². The number of aryl methyl sites for hydroxylation is 2. The van der Waals surface area contributed by atoms with Gasteiger partial charge < -0.3 is 10.2 Å². The number of rotatable bonds is 10. The molecule has 0 spiro atoms. The molecule has 1 rings (SSSR count). The summed E-state index contributed by atoms with van der Waals surface area (Å²) in [5.74, 6) is 0. The Morgan fingerprint density at radius 2 is 1.90 bits per heavy atom. The van der Waals surface area contributed by atoms with Crippen LogP contribution < -0.4 is 5.32 Å². The van der Waals surface area contributed by atoms with Crippen LogP contribution >= 0.6 is 11.3 Å². The lowest BCUT2D eigenvalue weighted by molar-refractivity contribution is 0.280. The maximum atomic E-state index is 4.69. The topological polar surface area (TPSA) is 28.2 Å². The summed E-state index contributed by atoms with van der Waals surface area (Å²) in [6.45, 7) is 15.6. The Kier molecular flexibility index (Phi) is 8.34. The van der Waals surface area contributed by atoms with E-state index < -0.39 is 0 Å². The van der Waals surface area contributed by atoms with Gasteiger partial charge in [0, 0.05) is 17.3 Å². The summed E-state index contributed by atoms with van der Waals surface area (Å²) >= 11 is 1.86. The summed E-state index contributed by atoms with van der Waals surface area (Å²) in [6, 6.07) is 0.556. The Morgan fingerprint density at radius 3 is 2.40 bits per heavy atom. The van der Waals surface area contributed by atoms with Gasteiger partial charge in [0.2, 0.25) is 0 Å². The molecule has 4 heteroatoms. The minimum Gasteiger partial charge on any atom is -0.314 e. The van der Waals surface area contributed by atoms with Crippen LogP contribution in [0.25, 0.3) is 0 Å². The number of nitrogens with one attached hydrogen (secondary N) is 1. The molecule has 0 radical (unpaired) electrons. The van der Waals surface area contributed by atoms with Gasteiger partial charge in [0.05, 0.1) is 10.7 Å². The predicted octanol–water partition coefficient (Wildman–Crippen LogP) is 3.40. The molecular weight excluding hydrogens is 266 g/mol. The molecule has 0 saturated heterocycles. The van der Waals surface area contributed by atoms with Gasteiger partial charge in [0.1, 0.15) is 0 Å². The Balaban J connectivity index is 2.54. The number of nitrogens with zero attached hydrogens (tertiary/aromatic N) is 2. The summed E-state index contributed by atoms with van der Waals surface area (Å²) in [4.78, 5) is 8.55. The van der Waals surface area contributed by atoms with Crippen LogP contribution in [0.5, 0.6) is 0 Å². The smallest absolute Gasteiger partial charge is 0.0946 e. The van der Waals surface area contributed by atoms with Crippen LogP contribution in [0.3, 0.4) is 0 Å². The molecule has 0 amide bonds. The van der Waals surface area contributed by atoms with Gasteiger partial charge in [0.25, 0.3) is 0 Å². The van der Waals surface area contributed by atoms with Gasteiger partial charge in [-0.25, -0.2) is 4.98 Å². The van der Waals surface area contributed by atoms with E-state index in [1.54, 1.807) is 0 Å². The molecule has 116 valence electrons. The summed E-state index contributed by atoms with van der Waals surface area (Å²) in [5.41, 5.74) is 1.20. The highest BCUT2D eigenvalue weighted by Crippen LogP contribution is 2.18. The average molecular weight is 298 g/mol. The van der Waals surface area contributed by atoms with Crippen LogP contribution in [0.15, 0.2) is 0 Å². The van der Waals surface area contributed by atoms with Crippen molar-refractivity contribution in [2.45, 2.75) is 59.9 Å². The fraction of sp³-hybridized carbons (Fsp3) is 0.812. The maximum Gasteiger partial charge on any atom is 0.0946 e. The number of hydrogen-bond acceptors (Lipinski definition) is 4. The largest absolute Gasteiger partial charge is 0.314 e. The van der Waals surface area contributed by atoms with E-state index in [1.807, 2.05) is 11.3 Å². The van der Waals surface area contributed by atoms with Gasteiger partial charge in [-0.3, -0.25) is 0 Å². The van der Waals surface area contributed by atoms with Crippen LogP contribution in [0.1, 0.15) is 49.2 Å². The van der Waals surface area contributed by atoms with Crippen molar-refractivity contribution in [3.05, 3.63) is 15.6 Å². The molecule has 1 heterocycles. The second kappa shape index (κ2) is 9.48. The fourth-order valence-electron chi connectivity index (χ4n) is 2.34. The summed E-state index contributed by atoms with van der Waals surface area (Å²) in [7, 11) is 0. The predicted molar refractivity (Wildman–Crippen MR) is 89.8 cm³/mol. The zero-order valence-electron chi connectivity index (χ0n) is 13.8. The Bertz CT molecular complexity index is 352. The second-order valence-corrected chi connectivity index (χ2v) is 6.71. The molecule has 0 aliphatic heterocycles. The molecule has 1 atom stereocenters. The molecule has 0 aromatic carbocycles. The highest BCUT2D eigenvalue weighted by atomic mass is 32.1. The zero-order valence-corrected chi connectivity index (χ0v) is 14.6. The first kappa shape index (κ1) is 17.6. The standard InChI is InChI=1S/C16H31N3S/c1-6-10-17-15(9-11-19(7-2)8-3)12-16-18-13(4)14(5)20-16/h15,17H,6-12H2,1-5H3. The van der Waals surface area contributed by atoms with Crippen molar-refractivity contribution in [2.75, 3.05) is 26.2 Å². The molecule has 3 nitrogen and oxygen atoms in total. The van der Waals surface area contributed by atoms with Gasteiger partial charge >= 0.3 is 0 Å². The van der Waals surface area contributed by atoms with Crippen molar-refractivity contribution in [1.29, 1.82) is 0 Å². The first-order valence-corrected chi connectivity index (χ1v) is 8.80. The first-order valence-electron chi connectivity index (χ1n) is 7.99. The average Bonchev–Trinajstić information content (AvgIpc) is 2.75. The minimum atomic E-state index is 0.556. The summed E-state index contributed by atoms with van der Waals surface area (Å²) in [5, 5.41) is 4.98. The molecule has 1 unspecified atom stereocenters. The van der Waals surface area contributed by atoms with Crippen molar-refractivity contribution < 1.29 is 0 Å². The lowest BCUT2D eigenvalue weighted by atomic mass is 10.1. The molecule has 20 heavy (non-hydrogen) atoms. The lowest BCUT2D eigenvalue weighted by Gasteiger charge is -2.23. The number of aromatic nitrogens is 1. The van der Waals surface area contributed by atoms with E-state index in [0.717, 1.165) is 26.1 Å². The van der Waals surface area contributed by atoms with Crippen LogP contribution in [0.4, 0.5) is 0 Å². The van der Waals surface area contributed by atoms with Crippen LogP contribution in [-0.4, -0.2) is 42.1 Å². The molecule has 1 N–H and O–H groups in total. The molecule has 0 bridgehead atoms. The molecule has 0 aliphatic carbocycles. The quantitative estimate of drug-likeness (QED) is 0.717. The minimum absolute atomic E-state index is 0.556. The van der Waals surface area contributed by atoms with Gasteiger partial charge in [-0.2, -0.15) is 0 Å². The van der Waals surface area contributed by atoms with Crippen molar-refractivity contribution in [2.24, 2.45) is 0 Å². The van der Waals surface area contributed by atoms with Crippen molar-refractivity contribution in [3.63, 3.8) is 0 Å². The van der Waals surface area contributed by atoms with E-state index in [9.17, 15) is 0 Å². The number of hydrogen-bond donors (Lipinski definition) is 1.